The summed E-state index contributed by atoms with van der Waals surface area (Å²) in [6.45, 7) is 9.97. The summed E-state index contributed by atoms with van der Waals surface area (Å²) in [5.74, 6) is 0. The number of nitrogens with zero attached hydrogens (tertiary/aromatic N) is 2. The van der Waals surface area contributed by atoms with Crippen molar-refractivity contribution in [1.82, 2.24) is 10.1 Å². The lowest BCUT2D eigenvalue weighted by Gasteiger charge is -2.42. The van der Waals surface area contributed by atoms with Gasteiger partial charge in [-0.3, -0.25) is 4.90 Å². The number of benzene rings is 1. The van der Waals surface area contributed by atoms with Crippen molar-refractivity contribution in [3.63, 3.8) is 0 Å². The molecule has 1 aliphatic carbocycles. The molecule has 1 heterocycles. The van der Waals surface area contributed by atoms with Crippen molar-refractivity contribution in [1.29, 1.82) is 0 Å². The minimum Gasteiger partial charge on any atom is -0.363 e. The minimum absolute atomic E-state index is 0.293. The molecule has 4 heteroatoms. The fourth-order valence-electron chi connectivity index (χ4n) is 4.13. The molecule has 22 heavy (non-hydrogen) atoms. The van der Waals surface area contributed by atoms with Crippen LogP contribution in [0.5, 0.6) is 0 Å². The normalized spacial score (nSPS) is 33.2. The van der Waals surface area contributed by atoms with E-state index < -0.39 is 0 Å². The average molecular weight is 293 g/mol. The Morgan fingerprint density at radius 1 is 1.18 bits per heavy atom. The van der Waals surface area contributed by atoms with Crippen LogP contribution in [-0.2, 0) is 5.54 Å². The van der Waals surface area contributed by atoms with Crippen LogP contribution < -0.4 is 5.23 Å². The highest BCUT2D eigenvalue weighted by Crippen LogP contribution is 2.42. The van der Waals surface area contributed by atoms with E-state index in [2.05, 4.69) is 39.2 Å². The van der Waals surface area contributed by atoms with Gasteiger partial charge in [-0.2, -0.15) is 0 Å². The second-order valence-electron chi connectivity index (χ2n) is 6.74. The van der Waals surface area contributed by atoms with Crippen molar-refractivity contribution in [3.05, 3.63) is 47.3 Å². The zero-order valence-corrected chi connectivity index (χ0v) is 13.2. The summed E-state index contributed by atoms with van der Waals surface area (Å²) < 4.78 is 0. The van der Waals surface area contributed by atoms with Crippen molar-refractivity contribution in [3.8, 4) is 0 Å². The van der Waals surface area contributed by atoms with Crippen molar-refractivity contribution < 1.29 is 0 Å². The van der Waals surface area contributed by atoms with E-state index >= 15 is 0 Å². The standard InChI is InChI=1S/C18H24BN3/c1-20-18(15-6-3-2-4-7-15)11-9-17(10-12-18)22-13-5-8-16(14-22)21-19/h2-4,6-7,16-17,21H,5,8-14H2. The van der Waals surface area contributed by atoms with E-state index in [1.165, 1.54) is 24.9 Å². The quantitative estimate of drug-likeness (QED) is 0.683. The van der Waals surface area contributed by atoms with Crippen molar-refractivity contribution in [2.45, 2.75) is 56.1 Å². The molecule has 1 unspecified atom stereocenters. The van der Waals surface area contributed by atoms with Crippen LogP contribution in [-0.4, -0.2) is 38.1 Å². The maximum absolute atomic E-state index is 7.74. The lowest BCUT2D eigenvalue weighted by Crippen LogP contribution is -2.50. The summed E-state index contributed by atoms with van der Waals surface area (Å²) in [6.07, 6.45) is 6.58. The third-order valence-corrected chi connectivity index (χ3v) is 5.51. The van der Waals surface area contributed by atoms with Gasteiger partial charge in [-0.25, -0.2) is 6.57 Å². The van der Waals surface area contributed by atoms with E-state index in [0.29, 0.717) is 12.1 Å². The fourth-order valence-corrected chi connectivity index (χ4v) is 4.13. The predicted octanol–water partition coefficient (Wildman–Crippen LogP) is 2.88. The van der Waals surface area contributed by atoms with Crippen LogP contribution in [0.25, 0.3) is 4.85 Å². The molecule has 1 saturated carbocycles. The number of hydrogen-bond donors (Lipinski definition) is 1. The summed E-state index contributed by atoms with van der Waals surface area (Å²) in [6, 6.07) is 11.4. The first kappa shape index (κ1) is 15.6. The van der Waals surface area contributed by atoms with Gasteiger partial charge < -0.3 is 10.1 Å². The van der Waals surface area contributed by atoms with Gasteiger partial charge in [-0.15, -0.1) is 0 Å². The maximum atomic E-state index is 7.74. The van der Waals surface area contributed by atoms with Gasteiger partial charge in [0.25, 0.3) is 5.54 Å². The molecular weight excluding hydrogens is 269 g/mol. The van der Waals surface area contributed by atoms with E-state index in [0.717, 1.165) is 32.2 Å². The molecule has 0 amide bonds. The van der Waals surface area contributed by atoms with Gasteiger partial charge in [-0.05, 0) is 32.2 Å². The van der Waals surface area contributed by atoms with Gasteiger partial charge in [0.05, 0.1) is 0 Å². The molecule has 3 rings (SSSR count). The Morgan fingerprint density at radius 3 is 2.55 bits per heavy atom. The highest BCUT2D eigenvalue weighted by atomic mass is 15.2. The van der Waals surface area contributed by atoms with E-state index in [9.17, 15) is 0 Å². The molecule has 0 bridgehead atoms. The summed E-state index contributed by atoms with van der Waals surface area (Å²) in [7, 11) is 5.62. The average Bonchev–Trinajstić information content (AvgIpc) is 2.62. The van der Waals surface area contributed by atoms with Gasteiger partial charge in [0.1, 0.15) is 0 Å². The molecule has 1 N–H and O–H groups in total. The third kappa shape index (κ3) is 3.07. The van der Waals surface area contributed by atoms with Crippen LogP contribution in [0.15, 0.2) is 30.3 Å². The topological polar surface area (TPSA) is 19.6 Å². The molecule has 2 fully saturated rings. The Hall–Kier alpha value is -1.31. The first-order chi connectivity index (χ1) is 10.8. The molecule has 1 aliphatic heterocycles. The van der Waals surface area contributed by atoms with Gasteiger partial charge in [0.2, 0.25) is 0 Å². The van der Waals surface area contributed by atoms with Crippen LogP contribution in [0.3, 0.4) is 0 Å². The molecular formula is C18H24BN3. The molecule has 0 aromatic heterocycles. The molecule has 1 atom stereocenters. The Labute approximate surface area is 135 Å². The maximum Gasteiger partial charge on any atom is 0.257 e. The van der Waals surface area contributed by atoms with E-state index in [1.54, 1.807) is 0 Å². The highest BCUT2D eigenvalue weighted by molar-refractivity contribution is 6.04. The predicted molar refractivity (Wildman–Crippen MR) is 90.5 cm³/mol. The molecule has 2 aliphatic rings. The smallest absolute Gasteiger partial charge is 0.257 e. The zero-order valence-electron chi connectivity index (χ0n) is 13.2. The number of nitrogens with one attached hydrogen (secondary N) is 1. The van der Waals surface area contributed by atoms with Crippen molar-refractivity contribution >= 4 is 7.98 Å². The SMILES string of the molecule is [B]NC1CCCN(C2CCC([N+]#[C-])(c3ccccc3)CC2)C1. The lowest BCUT2D eigenvalue weighted by molar-refractivity contribution is 0.101. The second-order valence-corrected chi connectivity index (χ2v) is 6.74. The van der Waals surface area contributed by atoms with Crippen molar-refractivity contribution in [2.75, 3.05) is 13.1 Å². The molecule has 3 nitrogen and oxygen atoms in total. The van der Waals surface area contributed by atoms with Crippen LogP contribution in [0.1, 0.15) is 44.1 Å². The summed E-state index contributed by atoms with van der Waals surface area (Å²) >= 11 is 0. The Morgan fingerprint density at radius 2 is 1.91 bits per heavy atom. The zero-order chi connectivity index (χ0) is 15.4. The highest BCUT2D eigenvalue weighted by Gasteiger charge is 2.44. The van der Waals surface area contributed by atoms with Crippen LogP contribution in [0.4, 0.5) is 0 Å². The molecule has 1 aromatic rings. The van der Waals surface area contributed by atoms with Gasteiger partial charge in [-0.1, -0.05) is 30.3 Å². The fraction of sp³-hybridized carbons (Fsp3) is 0.611. The van der Waals surface area contributed by atoms with Gasteiger partial charge in [0, 0.05) is 37.0 Å². The summed E-state index contributed by atoms with van der Waals surface area (Å²) in [5, 5.41) is 2.94. The van der Waals surface area contributed by atoms with E-state index in [1.807, 2.05) is 6.07 Å². The number of rotatable bonds is 3. The van der Waals surface area contributed by atoms with Crippen LogP contribution in [0, 0.1) is 6.57 Å². The second kappa shape index (κ2) is 6.85. The van der Waals surface area contributed by atoms with E-state index in [-0.39, 0.29) is 5.54 Å². The number of likely N-dealkylation sites (tertiary alicyclic amines) is 1. The number of hydrogen-bond acceptors (Lipinski definition) is 2. The Balaban J connectivity index is 1.65. The van der Waals surface area contributed by atoms with Gasteiger partial charge >= 0.3 is 0 Å². The number of piperidine rings is 1. The molecule has 1 aromatic carbocycles. The minimum atomic E-state index is -0.293. The van der Waals surface area contributed by atoms with E-state index in [4.69, 9.17) is 14.6 Å². The summed E-state index contributed by atoms with van der Waals surface area (Å²) in [5.41, 5.74) is 0.905. The first-order valence-corrected chi connectivity index (χ1v) is 8.42. The monoisotopic (exact) mass is 293 g/mol. The van der Waals surface area contributed by atoms with Crippen LogP contribution in [0.2, 0.25) is 0 Å². The first-order valence-electron chi connectivity index (χ1n) is 8.42. The lowest BCUT2D eigenvalue weighted by atomic mass is 9.75. The third-order valence-electron chi connectivity index (χ3n) is 5.51. The molecule has 0 spiro atoms. The van der Waals surface area contributed by atoms with Crippen molar-refractivity contribution in [2.24, 2.45) is 0 Å². The Kier molecular flexibility index (Phi) is 4.85. The molecule has 1 saturated heterocycles. The van der Waals surface area contributed by atoms with Crippen LogP contribution >= 0.6 is 0 Å². The molecule has 114 valence electrons. The summed E-state index contributed by atoms with van der Waals surface area (Å²) in [4.78, 5) is 6.65. The molecule has 2 radical (unpaired) electrons. The van der Waals surface area contributed by atoms with Gasteiger partial charge in [0.15, 0.2) is 7.98 Å². The largest absolute Gasteiger partial charge is 0.363 e. The Bertz CT molecular complexity index is 517.